The van der Waals surface area contributed by atoms with E-state index in [1.54, 1.807) is 17.1 Å². The number of carbonyl (C=O) groups is 1. The highest BCUT2D eigenvalue weighted by Crippen LogP contribution is 2.34. The maximum Gasteiger partial charge on any atom is 0.265 e. The molecule has 0 aromatic carbocycles. The molecular weight excluding hydrogens is 320 g/mol. The predicted octanol–water partition coefficient (Wildman–Crippen LogP) is 3.73. The van der Waals surface area contributed by atoms with Crippen molar-refractivity contribution in [2.45, 2.75) is 51.0 Å². The van der Waals surface area contributed by atoms with Gasteiger partial charge in [0.05, 0.1) is 12.4 Å². The van der Waals surface area contributed by atoms with E-state index in [1.807, 2.05) is 13.2 Å². The first-order chi connectivity index (χ1) is 11.7. The molecule has 2 saturated carbocycles. The third-order valence-corrected chi connectivity index (χ3v) is 6.13. The number of nitrogens with zero attached hydrogens (tertiary/aromatic N) is 4. The average Bonchev–Trinajstić information content (AvgIpc) is 3.10. The molecule has 24 heavy (non-hydrogen) atoms. The van der Waals surface area contributed by atoms with Crippen molar-refractivity contribution in [1.29, 1.82) is 0 Å². The van der Waals surface area contributed by atoms with Crippen molar-refractivity contribution in [3.63, 3.8) is 0 Å². The van der Waals surface area contributed by atoms with Crippen LogP contribution in [0.3, 0.4) is 0 Å². The molecule has 1 amide bonds. The van der Waals surface area contributed by atoms with Crippen LogP contribution in [0.15, 0.2) is 18.6 Å². The molecule has 6 heteroatoms. The number of rotatable bonds is 5. The molecule has 0 aliphatic heterocycles. The van der Waals surface area contributed by atoms with Crippen LogP contribution in [0.1, 0.15) is 54.6 Å². The standard InChI is InChI=1S/C18H24N4OS/c1-21-12-14(9-20-21)17-19-10-16(24-17)18(23)22(11-13-7-8-13)15-5-3-2-4-6-15/h9-10,12-13,15H,2-8,11H2,1H3. The molecule has 2 aromatic heterocycles. The van der Waals surface area contributed by atoms with Gasteiger partial charge in [-0.25, -0.2) is 4.98 Å². The van der Waals surface area contributed by atoms with E-state index in [0.29, 0.717) is 6.04 Å². The lowest BCUT2D eigenvalue weighted by Gasteiger charge is -2.34. The second-order valence-electron chi connectivity index (χ2n) is 7.13. The van der Waals surface area contributed by atoms with Crippen molar-refractivity contribution in [3.05, 3.63) is 23.5 Å². The van der Waals surface area contributed by atoms with Gasteiger partial charge in [-0.3, -0.25) is 9.48 Å². The van der Waals surface area contributed by atoms with Gasteiger partial charge in [-0.2, -0.15) is 5.10 Å². The normalized spacial score (nSPS) is 18.7. The number of aromatic nitrogens is 3. The van der Waals surface area contributed by atoms with E-state index >= 15 is 0 Å². The Bertz CT molecular complexity index is 712. The minimum absolute atomic E-state index is 0.182. The highest BCUT2D eigenvalue weighted by molar-refractivity contribution is 7.16. The molecule has 4 rings (SSSR count). The van der Waals surface area contributed by atoms with Gasteiger partial charge in [-0.05, 0) is 31.6 Å². The van der Waals surface area contributed by atoms with Crippen LogP contribution in [-0.2, 0) is 7.05 Å². The first kappa shape index (κ1) is 15.8. The molecule has 0 unspecified atom stereocenters. The third kappa shape index (κ3) is 3.38. The summed E-state index contributed by atoms with van der Waals surface area (Å²) < 4.78 is 1.76. The molecule has 2 heterocycles. The topological polar surface area (TPSA) is 51.0 Å². The third-order valence-electron chi connectivity index (χ3n) is 5.10. The number of thiazole rings is 1. The Morgan fingerprint density at radius 3 is 2.71 bits per heavy atom. The highest BCUT2D eigenvalue weighted by atomic mass is 32.1. The molecule has 0 spiro atoms. The van der Waals surface area contributed by atoms with Crippen molar-refractivity contribution in [3.8, 4) is 10.6 Å². The number of hydrogen-bond donors (Lipinski definition) is 0. The summed E-state index contributed by atoms with van der Waals surface area (Å²) in [4.78, 5) is 20.5. The van der Waals surface area contributed by atoms with Crippen molar-refractivity contribution in [2.75, 3.05) is 6.54 Å². The van der Waals surface area contributed by atoms with Crippen LogP contribution in [0.25, 0.3) is 10.6 Å². The molecule has 2 aromatic rings. The molecule has 0 saturated heterocycles. The zero-order valence-electron chi connectivity index (χ0n) is 14.1. The molecule has 5 nitrogen and oxygen atoms in total. The summed E-state index contributed by atoms with van der Waals surface area (Å²) in [5.74, 6) is 0.906. The maximum atomic E-state index is 13.1. The predicted molar refractivity (Wildman–Crippen MR) is 94.9 cm³/mol. The Hall–Kier alpha value is -1.69. The van der Waals surface area contributed by atoms with Crippen molar-refractivity contribution < 1.29 is 4.79 Å². The van der Waals surface area contributed by atoms with Crippen LogP contribution in [0.4, 0.5) is 0 Å². The molecule has 2 aliphatic carbocycles. The molecule has 0 radical (unpaired) electrons. The average molecular weight is 344 g/mol. The van der Waals surface area contributed by atoms with Crippen LogP contribution in [0, 0.1) is 5.92 Å². The van der Waals surface area contributed by atoms with Gasteiger partial charge in [0.25, 0.3) is 5.91 Å². The SMILES string of the molecule is Cn1cc(-c2ncc(C(=O)N(CC3CC3)C3CCCCC3)s2)cn1. The van der Waals surface area contributed by atoms with Crippen molar-refractivity contribution >= 4 is 17.2 Å². The van der Waals surface area contributed by atoms with Gasteiger partial charge in [-0.1, -0.05) is 19.3 Å². The van der Waals surface area contributed by atoms with Gasteiger partial charge >= 0.3 is 0 Å². The van der Waals surface area contributed by atoms with Gasteiger partial charge in [0.2, 0.25) is 0 Å². The number of hydrogen-bond acceptors (Lipinski definition) is 4. The molecule has 0 atom stereocenters. The zero-order chi connectivity index (χ0) is 16.5. The lowest BCUT2D eigenvalue weighted by Crippen LogP contribution is -2.42. The summed E-state index contributed by atoms with van der Waals surface area (Å²) >= 11 is 1.49. The Labute approximate surface area is 146 Å². The van der Waals surface area contributed by atoms with Crippen molar-refractivity contribution in [1.82, 2.24) is 19.7 Å². The number of aryl methyl sites for hydroxylation is 1. The van der Waals surface area contributed by atoms with Crippen LogP contribution < -0.4 is 0 Å². The highest BCUT2D eigenvalue weighted by Gasteiger charge is 2.33. The van der Waals surface area contributed by atoms with Gasteiger partial charge in [0.15, 0.2) is 0 Å². The van der Waals surface area contributed by atoms with E-state index in [2.05, 4.69) is 15.0 Å². The fraction of sp³-hybridized carbons (Fsp3) is 0.611. The lowest BCUT2D eigenvalue weighted by molar-refractivity contribution is 0.0627. The minimum Gasteiger partial charge on any atom is -0.335 e. The molecule has 128 valence electrons. The largest absolute Gasteiger partial charge is 0.335 e. The van der Waals surface area contributed by atoms with E-state index in [-0.39, 0.29) is 5.91 Å². The summed E-state index contributed by atoms with van der Waals surface area (Å²) in [6, 6.07) is 0.427. The first-order valence-corrected chi connectivity index (χ1v) is 9.78. The van der Waals surface area contributed by atoms with E-state index in [0.717, 1.165) is 40.8 Å². The summed E-state index contributed by atoms with van der Waals surface area (Å²) in [6.07, 6.45) is 14.2. The summed E-state index contributed by atoms with van der Waals surface area (Å²) in [5, 5.41) is 5.07. The summed E-state index contributed by atoms with van der Waals surface area (Å²) in [6.45, 7) is 0.934. The van der Waals surface area contributed by atoms with Gasteiger partial charge in [0, 0.05) is 31.4 Å². The smallest absolute Gasteiger partial charge is 0.265 e. The Morgan fingerprint density at radius 2 is 2.04 bits per heavy atom. The maximum absolute atomic E-state index is 13.1. The fourth-order valence-electron chi connectivity index (χ4n) is 3.55. The Kier molecular flexibility index (Phi) is 4.39. The Morgan fingerprint density at radius 1 is 1.25 bits per heavy atom. The van der Waals surface area contributed by atoms with Crippen LogP contribution in [-0.4, -0.2) is 38.2 Å². The quantitative estimate of drug-likeness (QED) is 0.830. The van der Waals surface area contributed by atoms with Gasteiger partial charge in [-0.15, -0.1) is 11.3 Å². The fourth-order valence-corrected chi connectivity index (χ4v) is 4.40. The van der Waals surface area contributed by atoms with E-state index in [1.165, 1.54) is 43.4 Å². The molecule has 0 N–H and O–H groups in total. The van der Waals surface area contributed by atoms with E-state index < -0.39 is 0 Å². The van der Waals surface area contributed by atoms with Gasteiger partial charge < -0.3 is 4.90 Å². The van der Waals surface area contributed by atoms with Gasteiger partial charge in [0.1, 0.15) is 9.88 Å². The number of amides is 1. The molecule has 0 bridgehead atoms. The minimum atomic E-state index is 0.182. The summed E-state index contributed by atoms with van der Waals surface area (Å²) in [7, 11) is 1.89. The van der Waals surface area contributed by atoms with E-state index in [4.69, 9.17) is 0 Å². The lowest BCUT2D eigenvalue weighted by atomic mass is 9.94. The second kappa shape index (κ2) is 6.67. The second-order valence-corrected chi connectivity index (χ2v) is 8.16. The monoisotopic (exact) mass is 344 g/mol. The Balaban J connectivity index is 1.54. The van der Waals surface area contributed by atoms with E-state index in [9.17, 15) is 4.79 Å². The molecule has 2 aliphatic rings. The number of carbonyl (C=O) groups excluding carboxylic acids is 1. The molecular formula is C18H24N4OS. The zero-order valence-corrected chi connectivity index (χ0v) is 15.0. The van der Waals surface area contributed by atoms with Crippen LogP contribution >= 0.6 is 11.3 Å². The molecule has 2 fully saturated rings. The van der Waals surface area contributed by atoms with Crippen LogP contribution in [0.5, 0.6) is 0 Å². The first-order valence-electron chi connectivity index (χ1n) is 8.96. The van der Waals surface area contributed by atoms with Crippen LogP contribution in [0.2, 0.25) is 0 Å². The van der Waals surface area contributed by atoms with Crippen molar-refractivity contribution in [2.24, 2.45) is 13.0 Å². The summed E-state index contributed by atoms with van der Waals surface area (Å²) in [5.41, 5.74) is 0.980.